The summed E-state index contributed by atoms with van der Waals surface area (Å²) in [6.45, 7) is 1.52. The van der Waals surface area contributed by atoms with Crippen LogP contribution in [0, 0.1) is 24.4 Å². The molecule has 0 aromatic heterocycles. The van der Waals surface area contributed by atoms with Gasteiger partial charge in [-0.25, -0.2) is 13.2 Å². The molecule has 0 saturated carbocycles. The molecule has 1 unspecified atom stereocenters. The van der Waals surface area contributed by atoms with E-state index in [4.69, 9.17) is 0 Å². The van der Waals surface area contributed by atoms with Crippen molar-refractivity contribution < 1.29 is 13.2 Å². The molecule has 1 heterocycles. The third-order valence-corrected chi connectivity index (χ3v) is 4.76. The maximum absolute atomic E-state index is 13.9. The Hall–Kier alpha value is -1.62. The zero-order valence-electron chi connectivity index (χ0n) is 11.4. The van der Waals surface area contributed by atoms with E-state index in [-0.39, 0.29) is 23.1 Å². The van der Waals surface area contributed by atoms with E-state index in [1.54, 1.807) is 6.07 Å². The van der Waals surface area contributed by atoms with Gasteiger partial charge in [-0.2, -0.15) is 0 Å². The van der Waals surface area contributed by atoms with Gasteiger partial charge in [0.25, 0.3) is 0 Å². The van der Waals surface area contributed by atoms with Crippen LogP contribution in [0.25, 0.3) is 0 Å². The van der Waals surface area contributed by atoms with Crippen molar-refractivity contribution in [2.75, 3.05) is 11.1 Å². The fourth-order valence-corrected chi connectivity index (χ4v) is 3.62. The lowest BCUT2D eigenvalue weighted by atomic mass is 10.0. The number of hydrogen-bond donors (Lipinski definition) is 1. The highest BCUT2D eigenvalue weighted by Crippen LogP contribution is 2.39. The lowest BCUT2D eigenvalue weighted by molar-refractivity contribution is 0.578. The van der Waals surface area contributed by atoms with Crippen LogP contribution in [0.15, 0.2) is 35.2 Å². The third-order valence-electron chi connectivity index (χ3n) is 3.60. The minimum Gasteiger partial charge on any atom is -0.376 e. The van der Waals surface area contributed by atoms with Gasteiger partial charge in [0, 0.05) is 16.7 Å². The molecule has 2 aromatic carbocycles. The maximum Gasteiger partial charge on any atom is 0.146 e. The van der Waals surface area contributed by atoms with Crippen LogP contribution in [-0.4, -0.2) is 5.75 Å². The Kier molecular flexibility index (Phi) is 3.85. The van der Waals surface area contributed by atoms with Crippen LogP contribution in [0.2, 0.25) is 0 Å². The highest BCUT2D eigenvalue weighted by atomic mass is 32.2. The molecule has 1 aliphatic rings. The average Bonchev–Trinajstić information content (AvgIpc) is 2.46. The van der Waals surface area contributed by atoms with E-state index in [0.29, 0.717) is 4.90 Å². The number of benzene rings is 2. The first-order chi connectivity index (χ1) is 10.1. The maximum atomic E-state index is 13.9. The number of halogens is 3. The zero-order valence-corrected chi connectivity index (χ0v) is 12.2. The monoisotopic (exact) mass is 309 g/mol. The number of anilines is 1. The molecule has 0 spiro atoms. The second-order valence-corrected chi connectivity index (χ2v) is 6.18. The quantitative estimate of drug-likeness (QED) is 0.832. The van der Waals surface area contributed by atoms with Crippen molar-refractivity contribution in [3.63, 3.8) is 0 Å². The van der Waals surface area contributed by atoms with E-state index in [2.05, 4.69) is 5.32 Å². The van der Waals surface area contributed by atoms with Gasteiger partial charge in [0.15, 0.2) is 0 Å². The SMILES string of the molecule is Cc1cc(F)c(NC2CCSc3c(F)cccc32)cc1F. The molecule has 5 heteroatoms. The molecule has 3 rings (SSSR count). The summed E-state index contributed by atoms with van der Waals surface area (Å²) >= 11 is 1.46. The van der Waals surface area contributed by atoms with E-state index in [1.165, 1.54) is 30.8 Å². The van der Waals surface area contributed by atoms with E-state index >= 15 is 0 Å². The Balaban J connectivity index is 1.94. The van der Waals surface area contributed by atoms with Gasteiger partial charge in [-0.05, 0) is 36.6 Å². The van der Waals surface area contributed by atoms with Gasteiger partial charge in [-0.3, -0.25) is 0 Å². The number of thioether (sulfide) groups is 1. The standard InChI is InChI=1S/C16H14F3NS/c1-9-7-13(19)15(8-12(9)18)20-14-5-6-21-16-10(14)3-2-4-11(16)17/h2-4,7-8,14,20H,5-6H2,1H3. The number of aryl methyl sites for hydroxylation is 1. The summed E-state index contributed by atoms with van der Waals surface area (Å²) in [4.78, 5) is 0.592. The number of nitrogens with one attached hydrogen (secondary N) is 1. The molecule has 21 heavy (non-hydrogen) atoms. The predicted octanol–water partition coefficient (Wildman–Crippen LogP) is 5.06. The molecule has 0 bridgehead atoms. The Bertz CT molecular complexity index is 687. The van der Waals surface area contributed by atoms with Crippen LogP contribution in [0.3, 0.4) is 0 Å². The van der Waals surface area contributed by atoms with E-state index in [0.717, 1.165) is 23.8 Å². The lowest BCUT2D eigenvalue weighted by Crippen LogP contribution is -2.17. The minimum atomic E-state index is -0.495. The van der Waals surface area contributed by atoms with Gasteiger partial charge in [0.2, 0.25) is 0 Å². The summed E-state index contributed by atoms with van der Waals surface area (Å²) in [5.74, 6) is -0.477. The largest absolute Gasteiger partial charge is 0.376 e. The Labute approximate surface area is 125 Å². The normalized spacial score (nSPS) is 17.4. The fraction of sp³-hybridized carbons (Fsp3) is 0.250. The minimum absolute atomic E-state index is 0.116. The Morgan fingerprint density at radius 2 is 1.90 bits per heavy atom. The van der Waals surface area contributed by atoms with Crippen molar-refractivity contribution >= 4 is 17.4 Å². The fourth-order valence-electron chi connectivity index (χ4n) is 2.48. The highest BCUT2D eigenvalue weighted by molar-refractivity contribution is 7.99. The Morgan fingerprint density at radius 1 is 1.10 bits per heavy atom. The van der Waals surface area contributed by atoms with Crippen molar-refractivity contribution in [2.45, 2.75) is 24.3 Å². The summed E-state index contributed by atoms with van der Waals surface area (Å²) < 4.78 is 41.3. The molecule has 110 valence electrons. The second kappa shape index (κ2) is 5.64. The number of fused-ring (bicyclic) bond motifs is 1. The smallest absolute Gasteiger partial charge is 0.146 e. The molecular weight excluding hydrogens is 295 g/mol. The first-order valence-corrected chi connectivity index (χ1v) is 7.68. The molecule has 0 saturated heterocycles. The van der Waals surface area contributed by atoms with Crippen LogP contribution < -0.4 is 5.32 Å². The van der Waals surface area contributed by atoms with Crippen molar-refractivity contribution in [3.05, 3.63) is 58.9 Å². The molecule has 1 aliphatic heterocycles. The van der Waals surface area contributed by atoms with Gasteiger partial charge < -0.3 is 5.32 Å². The first kappa shape index (κ1) is 14.3. The molecule has 0 radical (unpaired) electrons. The predicted molar refractivity (Wildman–Crippen MR) is 79.2 cm³/mol. The molecule has 0 aliphatic carbocycles. The molecular formula is C16H14F3NS. The summed E-state index contributed by atoms with van der Waals surface area (Å²) in [5.41, 5.74) is 1.18. The van der Waals surface area contributed by atoms with Gasteiger partial charge >= 0.3 is 0 Å². The topological polar surface area (TPSA) is 12.0 Å². The van der Waals surface area contributed by atoms with Crippen LogP contribution in [0.4, 0.5) is 18.9 Å². The van der Waals surface area contributed by atoms with Gasteiger partial charge in [-0.15, -0.1) is 11.8 Å². The van der Waals surface area contributed by atoms with Crippen LogP contribution in [0.1, 0.15) is 23.6 Å². The second-order valence-electron chi connectivity index (χ2n) is 5.07. The summed E-state index contributed by atoms with van der Waals surface area (Å²) in [6.07, 6.45) is 0.732. The zero-order chi connectivity index (χ0) is 15.0. The molecule has 1 nitrogen and oxygen atoms in total. The highest BCUT2D eigenvalue weighted by Gasteiger charge is 2.24. The van der Waals surface area contributed by atoms with Crippen LogP contribution in [0.5, 0.6) is 0 Å². The third kappa shape index (κ3) is 2.75. The van der Waals surface area contributed by atoms with E-state index in [9.17, 15) is 13.2 Å². The molecule has 0 fully saturated rings. The molecule has 1 N–H and O–H groups in total. The first-order valence-electron chi connectivity index (χ1n) is 6.69. The molecule has 1 atom stereocenters. The van der Waals surface area contributed by atoms with E-state index < -0.39 is 11.6 Å². The number of rotatable bonds is 2. The number of hydrogen-bond acceptors (Lipinski definition) is 2. The summed E-state index contributed by atoms with van der Waals surface area (Å²) in [6, 6.07) is 6.99. The molecule has 0 amide bonds. The molecule has 2 aromatic rings. The van der Waals surface area contributed by atoms with Crippen LogP contribution in [-0.2, 0) is 0 Å². The van der Waals surface area contributed by atoms with Crippen molar-refractivity contribution in [2.24, 2.45) is 0 Å². The van der Waals surface area contributed by atoms with E-state index in [1.807, 2.05) is 6.07 Å². The van der Waals surface area contributed by atoms with Gasteiger partial charge in [0.1, 0.15) is 17.5 Å². The van der Waals surface area contributed by atoms with Gasteiger partial charge in [-0.1, -0.05) is 12.1 Å². The van der Waals surface area contributed by atoms with Gasteiger partial charge in [0.05, 0.1) is 11.7 Å². The summed E-state index contributed by atoms with van der Waals surface area (Å²) in [7, 11) is 0. The van der Waals surface area contributed by atoms with Crippen molar-refractivity contribution in [1.29, 1.82) is 0 Å². The lowest BCUT2D eigenvalue weighted by Gasteiger charge is -2.27. The van der Waals surface area contributed by atoms with Crippen LogP contribution >= 0.6 is 11.8 Å². The van der Waals surface area contributed by atoms with Crippen molar-refractivity contribution in [3.8, 4) is 0 Å². The van der Waals surface area contributed by atoms with Crippen molar-refractivity contribution in [1.82, 2.24) is 0 Å². The summed E-state index contributed by atoms with van der Waals surface area (Å²) in [5, 5.41) is 3.01. The Morgan fingerprint density at radius 3 is 2.71 bits per heavy atom. The average molecular weight is 309 g/mol.